The molecule has 4 aliphatic rings. The van der Waals surface area contributed by atoms with Gasteiger partial charge in [-0.15, -0.1) is 0 Å². The molecule has 0 spiro atoms. The number of hydrogen-bond acceptors (Lipinski definition) is 6. The number of ketones is 1. The molecule has 1 amide bonds. The first kappa shape index (κ1) is 14.7. The van der Waals surface area contributed by atoms with E-state index in [1.807, 2.05) is 0 Å². The Kier molecular flexibility index (Phi) is 2.80. The van der Waals surface area contributed by atoms with Crippen molar-refractivity contribution >= 4 is 17.7 Å². The summed E-state index contributed by atoms with van der Waals surface area (Å²) >= 11 is 0. The molecule has 1 aliphatic carbocycles. The van der Waals surface area contributed by atoms with Crippen molar-refractivity contribution in [2.45, 2.75) is 31.2 Å². The number of methoxy groups -OCH3 is 1. The van der Waals surface area contributed by atoms with Crippen LogP contribution in [0.1, 0.15) is 41.1 Å². The van der Waals surface area contributed by atoms with Crippen LogP contribution in [0.5, 0.6) is 11.5 Å². The number of rotatable bonds is 1. The number of Topliss-reactive ketones (excluding diaryl/α,β-unsaturated/α-hetero) is 1. The van der Waals surface area contributed by atoms with Gasteiger partial charge in [0.1, 0.15) is 5.78 Å². The molecule has 3 atom stereocenters. The molecular weight excluding hydrogens is 326 g/mol. The second-order valence-electron chi connectivity index (χ2n) is 7.16. The standard InChI is InChI=1S/C18H17NO6/c1-23-17(22)18-2-3-19-15(18)11(4-9(20)7-18)10-5-13-14(25-8-24-13)6-12(10)16(19)21/h5-6,11,15H,2-4,7-8H2,1H3/t11-,15-,18-/m0/s1. The number of benzene rings is 1. The van der Waals surface area contributed by atoms with Gasteiger partial charge in [0.2, 0.25) is 6.79 Å². The Morgan fingerprint density at radius 1 is 1.28 bits per heavy atom. The quantitative estimate of drug-likeness (QED) is 0.714. The number of carbonyl (C=O) groups is 3. The maximum atomic E-state index is 13.1. The molecule has 0 unspecified atom stereocenters. The van der Waals surface area contributed by atoms with Crippen molar-refractivity contribution in [3.63, 3.8) is 0 Å². The molecular formula is C18H17NO6. The molecule has 3 heterocycles. The minimum absolute atomic E-state index is 0.0338. The van der Waals surface area contributed by atoms with Gasteiger partial charge in [0.05, 0.1) is 18.6 Å². The summed E-state index contributed by atoms with van der Waals surface area (Å²) < 4.78 is 15.9. The Balaban J connectivity index is 1.71. The molecule has 1 saturated heterocycles. The maximum Gasteiger partial charge on any atom is 0.314 e. The van der Waals surface area contributed by atoms with Crippen LogP contribution in [-0.4, -0.2) is 49.0 Å². The number of fused-ring (bicyclic) bond motifs is 3. The highest BCUT2D eigenvalue weighted by Gasteiger charge is 2.63. The van der Waals surface area contributed by atoms with Gasteiger partial charge in [-0.25, -0.2) is 0 Å². The van der Waals surface area contributed by atoms with E-state index < -0.39 is 11.4 Å². The van der Waals surface area contributed by atoms with Crippen molar-refractivity contribution in [1.29, 1.82) is 0 Å². The summed E-state index contributed by atoms with van der Waals surface area (Å²) in [5, 5.41) is 0. The minimum atomic E-state index is -0.932. The molecule has 0 aromatic heterocycles. The van der Waals surface area contributed by atoms with E-state index >= 15 is 0 Å². The first-order chi connectivity index (χ1) is 12.0. The Labute approximate surface area is 143 Å². The zero-order valence-electron chi connectivity index (χ0n) is 13.7. The van der Waals surface area contributed by atoms with E-state index in [4.69, 9.17) is 14.2 Å². The Bertz CT molecular complexity index is 833. The summed E-state index contributed by atoms with van der Waals surface area (Å²) in [5.74, 6) is 0.437. The summed E-state index contributed by atoms with van der Waals surface area (Å²) in [6.45, 7) is 0.575. The smallest absolute Gasteiger partial charge is 0.314 e. The summed E-state index contributed by atoms with van der Waals surface area (Å²) in [5.41, 5.74) is 0.387. The molecule has 0 bridgehead atoms. The fraction of sp³-hybridized carbons (Fsp3) is 0.500. The lowest BCUT2D eigenvalue weighted by Crippen LogP contribution is -2.56. The third-order valence-corrected chi connectivity index (χ3v) is 6.07. The highest BCUT2D eigenvalue weighted by atomic mass is 16.7. The van der Waals surface area contributed by atoms with Crippen molar-refractivity contribution in [2.75, 3.05) is 20.4 Å². The molecule has 5 rings (SSSR count). The first-order valence-corrected chi connectivity index (χ1v) is 8.40. The summed E-state index contributed by atoms with van der Waals surface area (Å²) in [6, 6.07) is 3.17. The van der Waals surface area contributed by atoms with Crippen LogP contribution in [0.25, 0.3) is 0 Å². The van der Waals surface area contributed by atoms with Gasteiger partial charge in [0.15, 0.2) is 11.5 Å². The topological polar surface area (TPSA) is 82.1 Å². The van der Waals surface area contributed by atoms with E-state index in [2.05, 4.69) is 0 Å². The van der Waals surface area contributed by atoms with E-state index in [1.54, 1.807) is 17.0 Å². The number of ether oxygens (including phenoxy) is 3. The van der Waals surface area contributed by atoms with Gasteiger partial charge in [-0.1, -0.05) is 0 Å². The van der Waals surface area contributed by atoms with Gasteiger partial charge in [-0.05, 0) is 24.1 Å². The normalized spacial score (nSPS) is 31.6. The molecule has 0 radical (unpaired) electrons. The monoisotopic (exact) mass is 343 g/mol. The lowest BCUT2D eigenvalue weighted by molar-refractivity contribution is -0.159. The predicted octanol–water partition coefficient (Wildman–Crippen LogP) is 1.25. The second kappa shape index (κ2) is 4.74. The van der Waals surface area contributed by atoms with Crippen LogP contribution in [0.3, 0.4) is 0 Å². The summed E-state index contributed by atoms with van der Waals surface area (Å²) in [4.78, 5) is 39.9. The number of amides is 1. The molecule has 0 N–H and O–H groups in total. The van der Waals surface area contributed by atoms with Gasteiger partial charge in [-0.3, -0.25) is 14.4 Å². The summed E-state index contributed by atoms with van der Waals surface area (Å²) in [6.07, 6.45) is 0.920. The van der Waals surface area contributed by atoms with Crippen LogP contribution in [0.15, 0.2) is 12.1 Å². The van der Waals surface area contributed by atoms with Crippen LogP contribution in [0.2, 0.25) is 0 Å². The number of nitrogens with zero attached hydrogens (tertiary/aromatic N) is 1. The molecule has 2 fully saturated rings. The van der Waals surface area contributed by atoms with E-state index in [0.717, 1.165) is 5.56 Å². The molecule has 25 heavy (non-hydrogen) atoms. The molecule has 1 saturated carbocycles. The Morgan fingerprint density at radius 2 is 2.04 bits per heavy atom. The van der Waals surface area contributed by atoms with Crippen molar-refractivity contribution in [3.8, 4) is 11.5 Å². The van der Waals surface area contributed by atoms with Gasteiger partial charge in [-0.2, -0.15) is 0 Å². The zero-order valence-corrected chi connectivity index (χ0v) is 13.7. The number of hydrogen-bond donors (Lipinski definition) is 0. The first-order valence-electron chi connectivity index (χ1n) is 8.40. The zero-order chi connectivity index (χ0) is 17.3. The average molecular weight is 343 g/mol. The second-order valence-corrected chi connectivity index (χ2v) is 7.16. The van der Waals surface area contributed by atoms with Gasteiger partial charge < -0.3 is 19.1 Å². The maximum absolute atomic E-state index is 13.1. The third kappa shape index (κ3) is 1.73. The van der Waals surface area contributed by atoms with Crippen LogP contribution >= 0.6 is 0 Å². The lowest BCUT2D eigenvalue weighted by Gasteiger charge is -2.47. The minimum Gasteiger partial charge on any atom is -0.469 e. The molecule has 7 nitrogen and oxygen atoms in total. The van der Waals surface area contributed by atoms with E-state index in [9.17, 15) is 14.4 Å². The molecule has 1 aromatic carbocycles. The largest absolute Gasteiger partial charge is 0.469 e. The highest BCUT2D eigenvalue weighted by molar-refractivity contribution is 6.01. The van der Waals surface area contributed by atoms with E-state index in [1.165, 1.54) is 7.11 Å². The molecule has 3 aliphatic heterocycles. The average Bonchev–Trinajstić information content (AvgIpc) is 3.22. The predicted molar refractivity (Wildman–Crippen MR) is 83.4 cm³/mol. The van der Waals surface area contributed by atoms with Crippen molar-refractivity contribution in [1.82, 2.24) is 4.90 Å². The summed E-state index contributed by atoms with van der Waals surface area (Å²) in [7, 11) is 1.34. The van der Waals surface area contributed by atoms with Crippen molar-refractivity contribution in [2.24, 2.45) is 5.41 Å². The van der Waals surface area contributed by atoms with Crippen LogP contribution in [0.4, 0.5) is 0 Å². The van der Waals surface area contributed by atoms with Gasteiger partial charge >= 0.3 is 5.97 Å². The molecule has 130 valence electrons. The van der Waals surface area contributed by atoms with Gasteiger partial charge in [0.25, 0.3) is 5.91 Å². The van der Waals surface area contributed by atoms with Gasteiger partial charge in [0, 0.05) is 30.9 Å². The SMILES string of the molecule is COC(=O)[C@@]12CCN3C(=O)c4cc5c(cc4[C@H](CC(=O)C1)[C@H]32)OCO5. The highest BCUT2D eigenvalue weighted by Crippen LogP contribution is 2.56. The van der Waals surface area contributed by atoms with Crippen LogP contribution in [-0.2, 0) is 14.3 Å². The number of esters is 1. The van der Waals surface area contributed by atoms with Crippen LogP contribution in [0, 0.1) is 5.41 Å². The third-order valence-electron chi connectivity index (χ3n) is 6.07. The molecule has 1 aromatic rings. The Hall–Kier alpha value is -2.57. The van der Waals surface area contributed by atoms with Crippen molar-refractivity contribution in [3.05, 3.63) is 23.3 Å². The van der Waals surface area contributed by atoms with Crippen molar-refractivity contribution < 1.29 is 28.6 Å². The fourth-order valence-electron chi connectivity index (χ4n) is 5.09. The fourth-order valence-corrected chi connectivity index (χ4v) is 5.09. The number of carbonyl (C=O) groups excluding carboxylic acids is 3. The van der Waals surface area contributed by atoms with E-state index in [-0.39, 0.29) is 36.9 Å². The molecule has 7 heteroatoms. The van der Waals surface area contributed by atoms with Crippen LogP contribution < -0.4 is 9.47 Å². The Morgan fingerprint density at radius 3 is 2.80 bits per heavy atom. The van der Waals surface area contributed by atoms with E-state index in [0.29, 0.717) is 36.4 Å². The lowest BCUT2D eigenvalue weighted by atomic mass is 9.62.